The molecule has 0 radical (unpaired) electrons. The number of hydrogen-bond acceptors (Lipinski definition) is 4. The predicted octanol–water partition coefficient (Wildman–Crippen LogP) is 1.59. The molecule has 0 amide bonds. The third-order valence-corrected chi connectivity index (χ3v) is 3.72. The largest absolute Gasteiger partial charge is 0.351 e. The van der Waals surface area contributed by atoms with Crippen LogP contribution < -0.4 is 10.2 Å². The molecule has 1 atom stereocenters. The van der Waals surface area contributed by atoms with Gasteiger partial charge in [-0.1, -0.05) is 11.6 Å². The quantitative estimate of drug-likeness (QED) is 0.902. The van der Waals surface area contributed by atoms with Crippen molar-refractivity contribution in [2.75, 3.05) is 38.6 Å². The van der Waals surface area contributed by atoms with Crippen LogP contribution >= 0.6 is 11.6 Å². The van der Waals surface area contributed by atoms with Gasteiger partial charge < -0.3 is 15.1 Å². The van der Waals surface area contributed by atoms with Crippen LogP contribution in [0.5, 0.6) is 0 Å². The smallest absolute Gasteiger partial charge is 0.129 e. The van der Waals surface area contributed by atoms with Crippen molar-refractivity contribution < 1.29 is 0 Å². The highest BCUT2D eigenvalue weighted by Crippen LogP contribution is 2.22. The van der Waals surface area contributed by atoms with E-state index in [-0.39, 0.29) is 0 Å². The Kier molecular flexibility index (Phi) is 4.43. The second kappa shape index (κ2) is 5.87. The van der Waals surface area contributed by atoms with Crippen molar-refractivity contribution in [3.63, 3.8) is 0 Å². The lowest BCUT2D eigenvalue weighted by Crippen LogP contribution is -2.50. The van der Waals surface area contributed by atoms with Crippen LogP contribution in [0.15, 0.2) is 12.1 Å². The van der Waals surface area contributed by atoms with Gasteiger partial charge in [0.25, 0.3) is 0 Å². The second-order valence-corrected chi connectivity index (χ2v) is 5.34. The van der Waals surface area contributed by atoms with E-state index in [1.54, 1.807) is 0 Å². The number of hydrogen-bond donors (Lipinski definition) is 1. The van der Waals surface area contributed by atoms with Gasteiger partial charge in [0.2, 0.25) is 0 Å². The van der Waals surface area contributed by atoms with Gasteiger partial charge in [-0.15, -0.1) is 0 Å². The average Bonchev–Trinajstić information content (AvgIpc) is 2.33. The van der Waals surface area contributed by atoms with Gasteiger partial charge in [-0.3, -0.25) is 0 Å². The average molecular weight is 269 g/mol. The van der Waals surface area contributed by atoms with Gasteiger partial charge in [0, 0.05) is 32.2 Å². The molecule has 100 valence electrons. The number of nitrogens with one attached hydrogen (secondary N) is 1. The fourth-order valence-electron chi connectivity index (χ4n) is 2.40. The van der Waals surface area contributed by atoms with Gasteiger partial charge in [0.1, 0.15) is 5.82 Å². The van der Waals surface area contributed by atoms with Gasteiger partial charge in [-0.05, 0) is 33.2 Å². The van der Waals surface area contributed by atoms with Crippen molar-refractivity contribution in [2.45, 2.75) is 19.5 Å². The molecule has 0 aromatic carbocycles. The Morgan fingerprint density at radius 2 is 2.22 bits per heavy atom. The summed E-state index contributed by atoms with van der Waals surface area (Å²) < 4.78 is 0. The van der Waals surface area contributed by atoms with Crippen LogP contribution in [0.1, 0.15) is 12.6 Å². The molecule has 2 heterocycles. The van der Waals surface area contributed by atoms with Gasteiger partial charge in [0.05, 0.1) is 10.7 Å². The summed E-state index contributed by atoms with van der Waals surface area (Å²) in [7, 11) is 4.07. The third-order valence-electron chi connectivity index (χ3n) is 3.37. The highest BCUT2D eigenvalue weighted by Gasteiger charge is 2.22. The molecule has 2 rings (SSSR count). The zero-order chi connectivity index (χ0) is 13.1. The van der Waals surface area contributed by atoms with E-state index in [4.69, 9.17) is 11.6 Å². The molecule has 0 saturated carbocycles. The van der Waals surface area contributed by atoms with Crippen LogP contribution in [-0.4, -0.2) is 49.7 Å². The topological polar surface area (TPSA) is 31.4 Å². The molecule has 4 nitrogen and oxygen atoms in total. The summed E-state index contributed by atoms with van der Waals surface area (Å²) in [5, 5.41) is 3.83. The van der Waals surface area contributed by atoms with E-state index in [1.165, 1.54) is 0 Å². The zero-order valence-corrected chi connectivity index (χ0v) is 12.0. The molecule has 0 aliphatic carbocycles. The Morgan fingerprint density at radius 3 is 2.89 bits per heavy atom. The molecule has 1 N–H and O–H groups in total. The van der Waals surface area contributed by atoms with Crippen molar-refractivity contribution >= 4 is 17.4 Å². The fourth-order valence-corrected chi connectivity index (χ4v) is 2.58. The fraction of sp³-hybridized carbons (Fsp3) is 0.615. The molecule has 18 heavy (non-hydrogen) atoms. The van der Waals surface area contributed by atoms with Crippen LogP contribution in [0.25, 0.3) is 0 Å². The maximum absolute atomic E-state index is 6.14. The second-order valence-electron chi connectivity index (χ2n) is 4.93. The minimum absolute atomic E-state index is 0.486. The molecule has 0 bridgehead atoms. The standard InChI is InChI=1S/C13H21ClN4/c1-10-9-17(3)6-7-18(10)13-5-4-11(14)12(16-13)8-15-2/h4-5,10,15H,6-9H2,1-3H3. The first-order valence-corrected chi connectivity index (χ1v) is 6.75. The summed E-state index contributed by atoms with van der Waals surface area (Å²) in [6, 6.07) is 4.45. The van der Waals surface area contributed by atoms with Gasteiger partial charge in [0.15, 0.2) is 0 Å². The highest BCUT2D eigenvalue weighted by atomic mass is 35.5. The first kappa shape index (κ1) is 13.6. The molecule has 1 saturated heterocycles. The molecule has 5 heteroatoms. The maximum atomic E-state index is 6.14. The number of nitrogens with zero attached hydrogens (tertiary/aromatic N) is 3. The normalized spacial score (nSPS) is 21.3. The Balaban J connectivity index is 2.20. The van der Waals surface area contributed by atoms with E-state index in [0.717, 1.165) is 36.2 Å². The highest BCUT2D eigenvalue weighted by molar-refractivity contribution is 6.31. The summed E-state index contributed by atoms with van der Waals surface area (Å²) >= 11 is 6.14. The van der Waals surface area contributed by atoms with Gasteiger partial charge in [-0.25, -0.2) is 4.98 Å². The summed E-state index contributed by atoms with van der Waals surface area (Å²) in [5.41, 5.74) is 0.919. The minimum atomic E-state index is 0.486. The van der Waals surface area contributed by atoms with E-state index >= 15 is 0 Å². The minimum Gasteiger partial charge on any atom is -0.351 e. The Morgan fingerprint density at radius 1 is 1.44 bits per heavy atom. The molecule has 1 aromatic rings. The zero-order valence-electron chi connectivity index (χ0n) is 11.3. The third kappa shape index (κ3) is 2.94. The maximum Gasteiger partial charge on any atom is 0.129 e. The molecule has 1 fully saturated rings. The first-order valence-electron chi connectivity index (χ1n) is 6.37. The van der Waals surface area contributed by atoms with E-state index in [1.807, 2.05) is 19.2 Å². The molecule has 1 unspecified atom stereocenters. The van der Waals surface area contributed by atoms with E-state index in [0.29, 0.717) is 12.6 Å². The van der Waals surface area contributed by atoms with Crippen LogP contribution in [-0.2, 0) is 6.54 Å². The predicted molar refractivity (Wildman–Crippen MR) is 76.3 cm³/mol. The van der Waals surface area contributed by atoms with Crippen molar-refractivity contribution in [1.82, 2.24) is 15.2 Å². The van der Waals surface area contributed by atoms with Crippen molar-refractivity contribution in [3.05, 3.63) is 22.8 Å². The van der Waals surface area contributed by atoms with E-state index < -0.39 is 0 Å². The Hall–Kier alpha value is -0.840. The van der Waals surface area contributed by atoms with E-state index in [2.05, 4.69) is 34.1 Å². The molecule has 1 aliphatic rings. The number of anilines is 1. The lowest BCUT2D eigenvalue weighted by atomic mass is 10.2. The summed E-state index contributed by atoms with van der Waals surface area (Å²) in [6.45, 7) is 6.12. The first-order chi connectivity index (χ1) is 8.61. The number of halogens is 1. The van der Waals surface area contributed by atoms with Crippen LogP contribution in [0.2, 0.25) is 5.02 Å². The van der Waals surface area contributed by atoms with Crippen LogP contribution in [0, 0.1) is 0 Å². The summed E-state index contributed by atoms with van der Waals surface area (Å²) in [6.07, 6.45) is 0. The van der Waals surface area contributed by atoms with Gasteiger partial charge in [-0.2, -0.15) is 0 Å². The number of pyridine rings is 1. The SMILES string of the molecule is CNCc1nc(N2CCN(C)CC2C)ccc1Cl. The van der Waals surface area contributed by atoms with Gasteiger partial charge >= 0.3 is 0 Å². The van der Waals surface area contributed by atoms with E-state index in [9.17, 15) is 0 Å². The van der Waals surface area contributed by atoms with Crippen LogP contribution in [0.4, 0.5) is 5.82 Å². The Labute approximate surface area is 114 Å². The number of rotatable bonds is 3. The van der Waals surface area contributed by atoms with Crippen molar-refractivity contribution in [3.8, 4) is 0 Å². The number of piperazine rings is 1. The molecule has 1 aliphatic heterocycles. The number of likely N-dealkylation sites (N-methyl/N-ethyl adjacent to an activating group) is 1. The molecular weight excluding hydrogens is 248 g/mol. The van der Waals surface area contributed by atoms with Crippen LogP contribution in [0.3, 0.4) is 0 Å². The monoisotopic (exact) mass is 268 g/mol. The number of aromatic nitrogens is 1. The Bertz CT molecular complexity index is 410. The van der Waals surface area contributed by atoms with Crippen molar-refractivity contribution in [1.29, 1.82) is 0 Å². The summed E-state index contributed by atoms with van der Waals surface area (Å²) in [5.74, 6) is 1.03. The molecular formula is C13H21ClN4. The lowest BCUT2D eigenvalue weighted by molar-refractivity contribution is 0.274. The molecule has 0 spiro atoms. The molecule has 1 aromatic heterocycles. The summed E-state index contributed by atoms with van der Waals surface area (Å²) in [4.78, 5) is 9.38. The lowest BCUT2D eigenvalue weighted by Gasteiger charge is -2.39. The van der Waals surface area contributed by atoms with Crippen molar-refractivity contribution in [2.24, 2.45) is 0 Å².